The summed E-state index contributed by atoms with van der Waals surface area (Å²) in [5.74, 6) is -3.66. The largest absolute Gasteiger partial charge is 0.481 e. The van der Waals surface area contributed by atoms with Gasteiger partial charge in [0.25, 0.3) is 11.9 Å². The number of nitrogens with one attached hydrogen (secondary N) is 1. The van der Waals surface area contributed by atoms with Crippen molar-refractivity contribution in [2.75, 3.05) is 13.2 Å². The molecule has 1 saturated heterocycles. The first kappa shape index (κ1) is 23.7. The number of ether oxygens (including phenoxy) is 1. The number of guanidine groups is 2. The number of amides is 1. The molecule has 0 bridgehead atoms. The zero-order valence-corrected chi connectivity index (χ0v) is 15.8. The summed E-state index contributed by atoms with van der Waals surface area (Å²) < 4.78 is 4.74. The van der Waals surface area contributed by atoms with Gasteiger partial charge in [-0.3, -0.25) is 9.59 Å². The Morgan fingerprint density at radius 1 is 1.21 bits per heavy atom. The fourth-order valence-electron chi connectivity index (χ4n) is 3.23. The monoisotopic (exact) mass is 419 g/mol. The molecule has 1 amide bonds. The number of aliphatic imine (C=N–C) groups is 2. The van der Waals surface area contributed by atoms with Crippen LogP contribution in [0.25, 0.3) is 0 Å². The summed E-state index contributed by atoms with van der Waals surface area (Å²) in [7, 11) is 0. The van der Waals surface area contributed by atoms with Gasteiger partial charge in [0.1, 0.15) is 18.7 Å². The number of aliphatic carboxylic acids is 2. The minimum Gasteiger partial charge on any atom is -0.481 e. The lowest BCUT2D eigenvalue weighted by molar-refractivity contribution is -0.221. The number of hydrogen-bond acceptors (Lipinski definition) is 12. The normalized spacial score (nSPS) is 27.9. The van der Waals surface area contributed by atoms with Gasteiger partial charge in [0.15, 0.2) is 17.6 Å². The number of nitrogens with two attached hydrogens (primary N) is 3. The highest BCUT2D eigenvalue weighted by molar-refractivity contribution is 5.87. The molecule has 3 rings (SSSR count). The van der Waals surface area contributed by atoms with Crippen LogP contribution in [0, 0.1) is 0 Å². The summed E-state index contributed by atoms with van der Waals surface area (Å²) in [5.41, 5.74) is 15.1. The smallest absolute Gasteiger partial charge is 0.404 e. The zero-order chi connectivity index (χ0) is 22.6. The summed E-state index contributed by atoms with van der Waals surface area (Å²) in [4.78, 5) is 38.6. The molecule has 3 aliphatic heterocycles. The second kappa shape index (κ2) is 8.78. The third-order valence-corrected chi connectivity index (χ3v) is 4.08. The molecule has 3 atom stereocenters. The van der Waals surface area contributed by atoms with Crippen LogP contribution in [-0.2, 0) is 14.3 Å². The summed E-state index contributed by atoms with van der Waals surface area (Å²) in [6.45, 7) is 2.25. The fraction of sp³-hybridized carbons (Fsp3) is 0.643. The molecule has 164 valence electrons. The average Bonchev–Trinajstić information content (AvgIpc) is 3.01. The van der Waals surface area contributed by atoms with Gasteiger partial charge in [0, 0.05) is 26.8 Å². The Labute approximate surface area is 164 Å². The second-order valence-electron chi connectivity index (χ2n) is 6.29. The van der Waals surface area contributed by atoms with E-state index in [1.807, 2.05) is 0 Å². The molecule has 1 spiro atoms. The predicted molar refractivity (Wildman–Crippen MR) is 97.3 cm³/mol. The maximum atomic E-state index is 10.8. The molecule has 0 radical (unpaired) electrons. The van der Waals surface area contributed by atoms with E-state index in [2.05, 4.69) is 15.3 Å². The molecule has 0 aromatic carbocycles. The molecule has 11 N–H and O–H groups in total. The maximum Gasteiger partial charge on any atom is 0.404 e. The van der Waals surface area contributed by atoms with Gasteiger partial charge in [-0.2, -0.15) is 0 Å². The van der Waals surface area contributed by atoms with Crippen molar-refractivity contribution in [1.29, 1.82) is 0 Å². The van der Waals surface area contributed by atoms with Gasteiger partial charge in [-0.05, 0) is 0 Å². The number of aliphatic hydroxyl groups is 2. The van der Waals surface area contributed by atoms with Crippen LogP contribution in [0.2, 0.25) is 0 Å². The first-order chi connectivity index (χ1) is 13.2. The van der Waals surface area contributed by atoms with Crippen molar-refractivity contribution in [2.24, 2.45) is 27.2 Å². The van der Waals surface area contributed by atoms with Crippen molar-refractivity contribution in [3.8, 4) is 0 Å². The lowest BCUT2D eigenvalue weighted by atomic mass is 9.87. The van der Waals surface area contributed by atoms with Gasteiger partial charge >= 0.3 is 6.09 Å². The molecule has 1 fully saturated rings. The molecule has 3 heterocycles. The second-order valence-corrected chi connectivity index (χ2v) is 6.29. The Kier molecular flexibility index (Phi) is 7.18. The van der Waals surface area contributed by atoms with E-state index in [-0.39, 0.29) is 31.5 Å². The van der Waals surface area contributed by atoms with Crippen LogP contribution in [0.15, 0.2) is 9.98 Å². The molecular weight excluding hydrogens is 394 g/mol. The van der Waals surface area contributed by atoms with E-state index < -0.39 is 41.6 Å². The summed E-state index contributed by atoms with van der Waals surface area (Å²) >= 11 is 0. The molecule has 3 unspecified atom stereocenters. The van der Waals surface area contributed by atoms with Crippen molar-refractivity contribution in [3.05, 3.63) is 0 Å². The summed E-state index contributed by atoms with van der Waals surface area (Å²) in [5, 5.41) is 38.3. The van der Waals surface area contributed by atoms with Crippen LogP contribution in [0.5, 0.6) is 0 Å². The summed E-state index contributed by atoms with van der Waals surface area (Å²) in [6.07, 6.45) is -0.923. The highest BCUT2D eigenvalue weighted by Gasteiger charge is 2.69. The number of carboxylic acid groups (broad SMARTS) is 2. The third kappa shape index (κ3) is 5.14. The van der Waals surface area contributed by atoms with Crippen LogP contribution in [-0.4, -0.2) is 92.0 Å². The van der Waals surface area contributed by atoms with Crippen LogP contribution in [0.1, 0.15) is 20.3 Å². The molecule has 0 aromatic heterocycles. The van der Waals surface area contributed by atoms with Crippen molar-refractivity contribution in [1.82, 2.24) is 10.2 Å². The van der Waals surface area contributed by atoms with Crippen LogP contribution in [0.4, 0.5) is 4.79 Å². The Bertz CT molecular complexity index is 705. The molecule has 0 aliphatic carbocycles. The van der Waals surface area contributed by atoms with Crippen LogP contribution >= 0.6 is 0 Å². The molecule has 15 heteroatoms. The average molecular weight is 419 g/mol. The number of primary amides is 1. The number of carbonyl (C=O) groups excluding carboxylic acids is 1. The number of rotatable bonds is 2. The van der Waals surface area contributed by atoms with Gasteiger partial charge in [-0.1, -0.05) is 0 Å². The van der Waals surface area contributed by atoms with Gasteiger partial charge in [0.2, 0.25) is 5.79 Å². The van der Waals surface area contributed by atoms with Gasteiger partial charge in [0.05, 0.1) is 0 Å². The highest BCUT2D eigenvalue weighted by atomic mass is 16.5. The Morgan fingerprint density at radius 3 is 2.21 bits per heavy atom. The SMILES string of the molecule is CC(=O)O.CC(=O)O.NC(=O)OCC1N=C(N)N2CCC(O)(O)C23NC(N)=NC13. The highest BCUT2D eigenvalue weighted by Crippen LogP contribution is 2.44. The minimum absolute atomic E-state index is 0.0355. The number of hydrogen-bond donors (Lipinski definition) is 8. The van der Waals surface area contributed by atoms with Crippen molar-refractivity contribution in [2.45, 2.75) is 43.8 Å². The molecule has 0 aromatic rings. The van der Waals surface area contributed by atoms with E-state index in [9.17, 15) is 15.0 Å². The van der Waals surface area contributed by atoms with E-state index in [0.717, 1.165) is 13.8 Å². The van der Waals surface area contributed by atoms with Gasteiger partial charge < -0.3 is 52.6 Å². The lowest BCUT2D eigenvalue weighted by Gasteiger charge is -2.48. The van der Waals surface area contributed by atoms with E-state index >= 15 is 0 Å². The molecule has 3 aliphatic rings. The number of nitrogens with zero attached hydrogens (tertiary/aromatic N) is 3. The number of carboxylic acids is 2. The topological polar surface area (TPSA) is 259 Å². The van der Waals surface area contributed by atoms with Crippen molar-refractivity contribution < 1.29 is 39.5 Å². The van der Waals surface area contributed by atoms with Gasteiger partial charge in [-0.15, -0.1) is 0 Å². The zero-order valence-electron chi connectivity index (χ0n) is 15.8. The molecule has 29 heavy (non-hydrogen) atoms. The van der Waals surface area contributed by atoms with Crippen molar-refractivity contribution in [3.63, 3.8) is 0 Å². The third-order valence-electron chi connectivity index (χ3n) is 4.08. The Morgan fingerprint density at radius 2 is 1.72 bits per heavy atom. The standard InChI is InChI=1S/C10H17N7O4.2C2H4O2/c11-6-15-5-4(3-21-8(13)18)14-7(12)17-2-1-9(19,20)10(5,17)16-6;2*1-2(3)4/h4-5,19-20H,1-3H2,(H2,12,14)(H2,13,18)(H3,11,15,16);2*1H3,(H,3,4). The Hall–Kier alpha value is -3.33. The van der Waals surface area contributed by atoms with Crippen LogP contribution < -0.4 is 22.5 Å². The number of carbonyl (C=O) groups is 3. The fourth-order valence-corrected chi connectivity index (χ4v) is 3.23. The Balaban J connectivity index is 0.000000452. The first-order valence-electron chi connectivity index (χ1n) is 8.23. The minimum atomic E-state index is -2.12. The van der Waals surface area contributed by atoms with E-state index in [1.54, 1.807) is 0 Å². The van der Waals surface area contributed by atoms with Gasteiger partial charge in [-0.25, -0.2) is 14.8 Å². The van der Waals surface area contributed by atoms with E-state index in [1.165, 1.54) is 4.90 Å². The van der Waals surface area contributed by atoms with Crippen molar-refractivity contribution >= 4 is 30.0 Å². The van der Waals surface area contributed by atoms with Crippen LogP contribution in [0.3, 0.4) is 0 Å². The quantitative estimate of drug-likeness (QED) is 0.201. The molecule has 15 nitrogen and oxygen atoms in total. The molecular formula is C14H25N7O8. The van der Waals surface area contributed by atoms with E-state index in [0.29, 0.717) is 0 Å². The molecule has 0 saturated carbocycles. The lowest BCUT2D eigenvalue weighted by Crippen LogP contribution is -2.76. The summed E-state index contributed by atoms with van der Waals surface area (Å²) in [6, 6.07) is -1.50. The maximum absolute atomic E-state index is 10.8. The van der Waals surface area contributed by atoms with E-state index in [4.69, 9.17) is 41.7 Å². The predicted octanol–water partition coefficient (Wildman–Crippen LogP) is -3.67. The first-order valence-corrected chi connectivity index (χ1v) is 8.23.